The van der Waals surface area contributed by atoms with Gasteiger partial charge in [-0.3, -0.25) is 0 Å². The Morgan fingerprint density at radius 3 is 2.38 bits per heavy atom. The van der Waals surface area contributed by atoms with Gasteiger partial charge in [-0.15, -0.1) is 0 Å². The molecule has 0 aromatic carbocycles. The Bertz CT molecular complexity index is 159. The topological polar surface area (TPSA) is 52.0 Å². The second kappa shape index (κ2) is 2.30. The zero-order valence-electron chi connectivity index (χ0n) is 4.26. The molecule has 0 atom stereocenters. The first-order valence-electron chi connectivity index (χ1n) is 2.17. The Labute approximate surface area is 58.0 Å². The zero-order valence-corrected chi connectivity index (χ0v) is 6.42. The lowest BCUT2D eigenvalue weighted by molar-refractivity contribution is 1.33. The molecular weight excluding hydrogens is 215 g/mol. The first kappa shape index (κ1) is 5.81. The predicted molar refractivity (Wildman–Crippen MR) is 44.6 cm³/mol. The maximum absolute atomic E-state index is 5.45. The normalized spacial score (nSPS) is 18.5. The fourth-order valence-electron chi connectivity index (χ4n) is 0.368. The van der Waals surface area contributed by atoms with E-state index in [0.717, 1.165) is 5.70 Å². The van der Waals surface area contributed by atoms with Gasteiger partial charge >= 0.3 is 0 Å². The van der Waals surface area contributed by atoms with Gasteiger partial charge in [-0.1, -0.05) is 20.7 Å². The summed E-state index contributed by atoms with van der Waals surface area (Å²) in [7, 11) is 0. The van der Waals surface area contributed by atoms with Crippen LogP contribution < -0.4 is 11.5 Å². The van der Waals surface area contributed by atoms with Crippen LogP contribution in [0.15, 0.2) is 21.6 Å². The average Bonchev–Trinajstić information content (AvgIpc) is 1.77. The molecule has 0 radical (unpaired) electrons. The quantitative estimate of drug-likeness (QED) is 0.583. The van der Waals surface area contributed by atoms with Crippen LogP contribution in [0, 0.1) is 0 Å². The van der Waals surface area contributed by atoms with Crippen molar-refractivity contribution < 1.29 is 0 Å². The van der Waals surface area contributed by atoms with Crippen LogP contribution in [0.2, 0.25) is 0 Å². The van der Waals surface area contributed by atoms with E-state index in [9.17, 15) is 0 Å². The van der Waals surface area contributed by atoms with E-state index >= 15 is 0 Å². The lowest BCUT2D eigenvalue weighted by Crippen LogP contribution is -2.08. The molecule has 0 bridgehead atoms. The molecule has 4 N–H and O–H groups in total. The monoisotopic (exact) mass is 222 g/mol. The van der Waals surface area contributed by atoms with Gasteiger partial charge < -0.3 is 11.5 Å². The Morgan fingerprint density at radius 2 is 2.00 bits per heavy atom. The molecule has 0 aliphatic carbocycles. The number of allylic oxidation sites excluding steroid dienone is 2. The standard InChI is InChI=1S/C5H7IN2/c7-4-1-2-6-3-5(4)8/h1-3H,7-8H2. The fraction of sp³-hybridized carbons (Fsp3) is 0. The summed E-state index contributed by atoms with van der Waals surface area (Å²) < 4.78 is 4.10. The second-order valence-corrected chi connectivity index (χ2v) is 3.50. The molecule has 1 aliphatic heterocycles. The van der Waals surface area contributed by atoms with Crippen molar-refractivity contribution in [2.24, 2.45) is 11.5 Å². The molecule has 0 aromatic heterocycles. The molecular formula is C5H7IN2. The highest BCUT2D eigenvalue weighted by molar-refractivity contribution is 14.2. The van der Waals surface area contributed by atoms with E-state index < -0.39 is 0 Å². The van der Waals surface area contributed by atoms with Crippen LogP contribution in [0.5, 0.6) is 0 Å². The Balaban J connectivity index is 2.97. The number of nitrogens with two attached hydrogens (primary N) is 2. The summed E-state index contributed by atoms with van der Waals surface area (Å²) >= 11 is 0.0789. The highest BCUT2D eigenvalue weighted by atomic mass is 127. The van der Waals surface area contributed by atoms with Gasteiger partial charge in [0.2, 0.25) is 0 Å². The van der Waals surface area contributed by atoms with Crippen LogP contribution in [0.3, 0.4) is 0 Å². The van der Waals surface area contributed by atoms with Crippen molar-refractivity contribution >= 4 is 24.7 Å². The van der Waals surface area contributed by atoms with Gasteiger partial charge in [-0.2, -0.15) is 0 Å². The molecule has 3 heteroatoms. The van der Waals surface area contributed by atoms with Gasteiger partial charge in [0.15, 0.2) is 0 Å². The molecule has 0 saturated heterocycles. The predicted octanol–water partition coefficient (Wildman–Crippen LogP) is 0.416. The minimum atomic E-state index is 0.0789. The maximum Gasteiger partial charge on any atom is 0.0605 e. The average molecular weight is 222 g/mol. The molecule has 1 aliphatic rings. The molecule has 44 valence electrons. The third-order valence-electron chi connectivity index (χ3n) is 0.829. The maximum atomic E-state index is 5.45. The molecule has 1 heterocycles. The van der Waals surface area contributed by atoms with Crippen LogP contribution in [0.1, 0.15) is 0 Å². The smallest absolute Gasteiger partial charge is 0.0605 e. The lowest BCUT2D eigenvalue weighted by Gasteiger charge is -1.98. The summed E-state index contributed by atoms with van der Waals surface area (Å²) in [5.41, 5.74) is 12.3. The fourth-order valence-corrected chi connectivity index (χ4v) is 1.92. The number of hydrogen-bond donors (Lipinski definition) is 2. The Morgan fingerprint density at radius 1 is 1.25 bits per heavy atom. The highest BCUT2D eigenvalue weighted by Crippen LogP contribution is 2.08. The minimum absolute atomic E-state index is 0.0789. The van der Waals surface area contributed by atoms with Crippen LogP contribution >= 0.6 is 20.7 Å². The molecule has 0 saturated carbocycles. The Hall–Kier alpha value is -0.320. The van der Waals surface area contributed by atoms with E-state index in [0.29, 0.717) is 5.70 Å². The number of halogens is 1. The molecule has 0 unspecified atom stereocenters. The minimum Gasteiger partial charge on any atom is -0.397 e. The summed E-state index contributed by atoms with van der Waals surface area (Å²) in [6, 6.07) is 0. The largest absolute Gasteiger partial charge is 0.397 e. The van der Waals surface area contributed by atoms with Gasteiger partial charge in [0, 0.05) is 0 Å². The van der Waals surface area contributed by atoms with E-state index in [1.807, 2.05) is 10.1 Å². The summed E-state index contributed by atoms with van der Waals surface area (Å²) in [5.74, 6) is 0. The molecule has 1 rings (SSSR count). The third kappa shape index (κ3) is 1.09. The van der Waals surface area contributed by atoms with Crippen molar-refractivity contribution in [2.75, 3.05) is 0 Å². The van der Waals surface area contributed by atoms with Gasteiger partial charge in [0.25, 0.3) is 0 Å². The molecule has 0 fully saturated rings. The first-order chi connectivity index (χ1) is 3.80. The van der Waals surface area contributed by atoms with Gasteiger partial charge in [-0.05, 0) is 14.2 Å². The SMILES string of the molecule is NC1=C(N)C=IC=C1. The molecule has 8 heavy (non-hydrogen) atoms. The molecule has 0 aromatic rings. The van der Waals surface area contributed by atoms with Crippen LogP contribution in [0.4, 0.5) is 0 Å². The summed E-state index contributed by atoms with van der Waals surface area (Å²) in [6.45, 7) is 0. The van der Waals surface area contributed by atoms with Gasteiger partial charge in [0.05, 0.1) is 11.4 Å². The van der Waals surface area contributed by atoms with E-state index in [1.165, 1.54) is 0 Å². The van der Waals surface area contributed by atoms with E-state index in [1.54, 1.807) is 0 Å². The first-order valence-corrected chi connectivity index (χ1v) is 4.67. The lowest BCUT2D eigenvalue weighted by atomic mass is 10.4. The van der Waals surface area contributed by atoms with Crippen molar-refractivity contribution in [1.82, 2.24) is 0 Å². The van der Waals surface area contributed by atoms with Crippen LogP contribution in [0.25, 0.3) is 0 Å². The van der Waals surface area contributed by atoms with E-state index in [-0.39, 0.29) is 20.7 Å². The van der Waals surface area contributed by atoms with Gasteiger partial charge in [-0.25, -0.2) is 0 Å². The Kier molecular flexibility index (Phi) is 1.67. The summed E-state index contributed by atoms with van der Waals surface area (Å²) in [6.07, 6.45) is 1.88. The highest BCUT2D eigenvalue weighted by Gasteiger charge is 1.91. The third-order valence-corrected chi connectivity index (χ3v) is 2.63. The van der Waals surface area contributed by atoms with Gasteiger partial charge in [0.1, 0.15) is 0 Å². The van der Waals surface area contributed by atoms with Crippen molar-refractivity contribution in [3.63, 3.8) is 0 Å². The molecule has 0 amide bonds. The van der Waals surface area contributed by atoms with Crippen molar-refractivity contribution in [2.45, 2.75) is 0 Å². The summed E-state index contributed by atoms with van der Waals surface area (Å²) in [5, 5.41) is 0. The summed E-state index contributed by atoms with van der Waals surface area (Å²) in [4.78, 5) is 0. The van der Waals surface area contributed by atoms with Crippen molar-refractivity contribution in [3.8, 4) is 0 Å². The number of rotatable bonds is 0. The number of hydrogen-bond acceptors (Lipinski definition) is 2. The van der Waals surface area contributed by atoms with Crippen molar-refractivity contribution in [1.29, 1.82) is 0 Å². The zero-order chi connectivity index (χ0) is 5.98. The van der Waals surface area contributed by atoms with Crippen LogP contribution in [-0.2, 0) is 0 Å². The van der Waals surface area contributed by atoms with Crippen LogP contribution in [-0.4, -0.2) is 4.01 Å². The van der Waals surface area contributed by atoms with Crippen molar-refractivity contribution in [3.05, 3.63) is 21.6 Å². The second-order valence-electron chi connectivity index (χ2n) is 1.44. The van der Waals surface area contributed by atoms with E-state index in [4.69, 9.17) is 11.5 Å². The van der Waals surface area contributed by atoms with E-state index in [2.05, 4.69) is 4.08 Å². The molecule has 2 nitrogen and oxygen atoms in total. The molecule has 0 spiro atoms.